The van der Waals surface area contributed by atoms with Gasteiger partial charge in [0.25, 0.3) is 5.56 Å². The van der Waals surface area contributed by atoms with Gasteiger partial charge in [-0.05, 0) is 36.8 Å². The summed E-state index contributed by atoms with van der Waals surface area (Å²) < 4.78 is 29.2. The average molecular weight is 570 g/mol. The van der Waals surface area contributed by atoms with E-state index in [1.54, 1.807) is 6.07 Å². The minimum absolute atomic E-state index is 0.200. The topological polar surface area (TPSA) is 155 Å². The third kappa shape index (κ3) is 6.26. The third-order valence-electron chi connectivity index (χ3n) is 6.52. The van der Waals surface area contributed by atoms with E-state index in [2.05, 4.69) is 29.6 Å². The Morgan fingerprint density at radius 3 is 2.34 bits per heavy atom. The van der Waals surface area contributed by atoms with Crippen molar-refractivity contribution in [3.8, 4) is 5.69 Å². The maximum absolute atomic E-state index is 13.3. The Labute approximate surface area is 232 Å². The molecule has 1 unspecified atom stereocenters. The number of benzene rings is 2. The second kappa shape index (κ2) is 12.0. The number of hydrogen-bond donors (Lipinski definition) is 4. The number of nitrogens with zero attached hydrogens (tertiary/aromatic N) is 5. The summed E-state index contributed by atoms with van der Waals surface area (Å²) in [5.74, 6) is -0.518. The molecule has 0 radical (unpaired) electrons. The first-order valence-corrected chi connectivity index (χ1v) is 12.7. The quantitative estimate of drug-likeness (QED) is 0.280. The third-order valence-corrected chi connectivity index (χ3v) is 6.52. The lowest BCUT2D eigenvalue weighted by Gasteiger charge is -2.22. The summed E-state index contributed by atoms with van der Waals surface area (Å²) in [6, 6.07) is 9.33. The van der Waals surface area contributed by atoms with Crippen LogP contribution in [0.5, 0.6) is 0 Å². The Bertz CT molecular complexity index is 1630. The van der Waals surface area contributed by atoms with Crippen LogP contribution in [0.2, 0.25) is 0 Å². The van der Waals surface area contributed by atoms with Gasteiger partial charge in [-0.15, -0.1) is 0 Å². The molecule has 14 heteroatoms. The van der Waals surface area contributed by atoms with Gasteiger partial charge in [0.2, 0.25) is 0 Å². The van der Waals surface area contributed by atoms with E-state index < -0.39 is 35.1 Å². The average Bonchev–Trinajstić information content (AvgIpc) is 3.49. The maximum Gasteiger partial charge on any atom is 0.409 e. The zero-order valence-corrected chi connectivity index (χ0v) is 22.5. The van der Waals surface area contributed by atoms with Crippen molar-refractivity contribution < 1.29 is 28.6 Å². The summed E-state index contributed by atoms with van der Waals surface area (Å²) in [5.41, 5.74) is 1.74. The van der Waals surface area contributed by atoms with Crippen LogP contribution in [0.1, 0.15) is 32.0 Å². The smallest absolute Gasteiger partial charge is 0.409 e. The van der Waals surface area contributed by atoms with Gasteiger partial charge in [0.1, 0.15) is 17.0 Å². The summed E-state index contributed by atoms with van der Waals surface area (Å²) in [7, 11) is 1.94. The highest BCUT2D eigenvalue weighted by atomic mass is 19.1. The van der Waals surface area contributed by atoms with Crippen LogP contribution in [0.15, 0.2) is 53.5 Å². The van der Waals surface area contributed by atoms with E-state index in [1.807, 2.05) is 22.6 Å². The van der Waals surface area contributed by atoms with Crippen LogP contribution in [0.25, 0.3) is 16.7 Å². The van der Waals surface area contributed by atoms with E-state index in [0.717, 1.165) is 29.0 Å². The number of rotatable bonds is 5. The highest BCUT2D eigenvalue weighted by Crippen LogP contribution is 2.37. The normalized spacial score (nSPS) is 14.6. The van der Waals surface area contributed by atoms with Crippen molar-refractivity contribution in [1.29, 1.82) is 0 Å². The molecule has 12 nitrogen and oxygen atoms in total. The predicted octanol–water partition coefficient (Wildman–Crippen LogP) is 4.14. The number of amides is 2. The van der Waals surface area contributed by atoms with Gasteiger partial charge >= 0.3 is 12.2 Å². The number of halogens is 2. The molecule has 3 heterocycles. The summed E-state index contributed by atoms with van der Waals surface area (Å²) in [6.07, 6.45) is -0.268. The largest absolute Gasteiger partial charge is 0.465 e. The van der Waals surface area contributed by atoms with Crippen molar-refractivity contribution >= 4 is 34.6 Å². The minimum atomic E-state index is -1.15. The molecule has 1 aliphatic heterocycles. The van der Waals surface area contributed by atoms with Gasteiger partial charge in [-0.25, -0.2) is 23.4 Å². The Morgan fingerprint density at radius 2 is 1.73 bits per heavy atom. The molecule has 4 N–H and O–H groups in total. The fourth-order valence-electron chi connectivity index (χ4n) is 4.79. The number of carbonyl (C=O) groups is 2. The molecule has 5 rings (SSSR count). The van der Waals surface area contributed by atoms with E-state index in [9.17, 15) is 28.3 Å². The number of hydrogen-bond acceptors (Lipinski definition) is 6. The molecule has 0 bridgehead atoms. The first-order chi connectivity index (χ1) is 19.5. The second-order valence-corrected chi connectivity index (χ2v) is 9.67. The van der Waals surface area contributed by atoms with Crippen molar-refractivity contribution in [3.05, 3.63) is 76.5 Å². The molecular formula is C27H29F2N7O5. The molecule has 1 fully saturated rings. The number of para-hydroxylation sites is 1. The van der Waals surface area contributed by atoms with E-state index >= 15 is 0 Å². The Hall–Kier alpha value is -5.01. The molecular weight excluding hydrogens is 540 g/mol. The lowest BCUT2D eigenvalue weighted by Crippen LogP contribution is -2.36. The maximum atomic E-state index is 13.3. The predicted molar refractivity (Wildman–Crippen MR) is 148 cm³/mol. The molecule has 1 aliphatic rings. The molecule has 0 aliphatic carbocycles. The standard InChI is InChI=1S/C17H23N5O4.C10H6F2N2O/c1-9(2)15-20-13-12(21(15)3)5-4-11(19-17(25)26)14(13)22-7-6-10(8-22)18-16(23)24;11-7-3-1-4-8(12)10(7)14-9(15)5-2-6-13-14/h4-5,9-10,18-19H,6-8H2,1-3H3,(H,23,24)(H,25,26);1-6H. The number of fused-ring (bicyclic) bond motifs is 1. The summed E-state index contributed by atoms with van der Waals surface area (Å²) in [5, 5.41) is 26.7. The Morgan fingerprint density at radius 1 is 1.02 bits per heavy atom. The fraction of sp³-hybridized carbons (Fsp3) is 0.296. The van der Waals surface area contributed by atoms with Crippen LogP contribution in [0, 0.1) is 11.6 Å². The van der Waals surface area contributed by atoms with Crippen molar-refractivity contribution in [3.63, 3.8) is 0 Å². The molecule has 216 valence electrons. The summed E-state index contributed by atoms with van der Waals surface area (Å²) >= 11 is 0. The molecule has 2 aromatic heterocycles. The van der Waals surface area contributed by atoms with Crippen molar-refractivity contribution in [2.24, 2.45) is 7.05 Å². The second-order valence-electron chi connectivity index (χ2n) is 9.67. The van der Waals surface area contributed by atoms with Gasteiger partial charge in [-0.1, -0.05) is 19.9 Å². The van der Waals surface area contributed by atoms with E-state index in [4.69, 9.17) is 10.1 Å². The monoisotopic (exact) mass is 569 g/mol. The number of imidazole rings is 1. The molecule has 1 saturated heterocycles. The number of anilines is 2. The van der Waals surface area contributed by atoms with Gasteiger partial charge in [0.15, 0.2) is 11.6 Å². The van der Waals surface area contributed by atoms with E-state index in [0.29, 0.717) is 35.6 Å². The van der Waals surface area contributed by atoms with Gasteiger partial charge in [0, 0.05) is 38.3 Å². The first kappa shape index (κ1) is 29.0. The van der Waals surface area contributed by atoms with Crippen molar-refractivity contribution in [2.75, 3.05) is 23.3 Å². The van der Waals surface area contributed by atoms with Crippen LogP contribution < -0.4 is 21.1 Å². The number of aromatic nitrogens is 4. The van der Waals surface area contributed by atoms with Crippen LogP contribution in [-0.2, 0) is 7.05 Å². The zero-order chi connectivity index (χ0) is 29.8. The Balaban J connectivity index is 0.000000218. The lowest BCUT2D eigenvalue weighted by atomic mass is 10.2. The minimum Gasteiger partial charge on any atom is -0.465 e. The molecule has 2 aromatic carbocycles. The van der Waals surface area contributed by atoms with E-state index in [-0.39, 0.29) is 12.0 Å². The first-order valence-electron chi connectivity index (χ1n) is 12.7. The van der Waals surface area contributed by atoms with Gasteiger partial charge in [-0.3, -0.25) is 10.1 Å². The Kier molecular flexibility index (Phi) is 8.50. The van der Waals surface area contributed by atoms with Crippen LogP contribution in [0.4, 0.5) is 29.7 Å². The summed E-state index contributed by atoms with van der Waals surface area (Å²) in [6.45, 7) is 5.19. The van der Waals surface area contributed by atoms with Crippen molar-refractivity contribution in [2.45, 2.75) is 32.2 Å². The number of carboxylic acid groups (broad SMARTS) is 2. The highest BCUT2D eigenvalue weighted by molar-refractivity contribution is 6.01. The molecule has 4 aromatic rings. The molecule has 41 heavy (non-hydrogen) atoms. The van der Waals surface area contributed by atoms with Crippen molar-refractivity contribution in [1.82, 2.24) is 24.6 Å². The lowest BCUT2D eigenvalue weighted by molar-refractivity contribution is 0.190. The van der Waals surface area contributed by atoms with Crippen LogP contribution >= 0.6 is 0 Å². The van der Waals surface area contributed by atoms with Gasteiger partial charge in [-0.2, -0.15) is 9.78 Å². The molecule has 0 saturated carbocycles. The van der Waals surface area contributed by atoms with E-state index in [1.165, 1.54) is 24.4 Å². The molecule has 0 spiro atoms. The van der Waals surface area contributed by atoms with Crippen LogP contribution in [-0.4, -0.2) is 60.9 Å². The molecule has 1 atom stereocenters. The van der Waals surface area contributed by atoms with Crippen LogP contribution in [0.3, 0.4) is 0 Å². The number of aryl methyl sites for hydroxylation is 1. The molecule has 2 amide bonds. The fourth-order valence-corrected chi connectivity index (χ4v) is 4.79. The summed E-state index contributed by atoms with van der Waals surface area (Å²) in [4.78, 5) is 40.2. The highest BCUT2D eigenvalue weighted by Gasteiger charge is 2.29. The van der Waals surface area contributed by atoms with Gasteiger partial charge in [0.05, 0.1) is 22.9 Å². The number of nitrogens with one attached hydrogen (secondary N) is 2. The zero-order valence-electron chi connectivity index (χ0n) is 22.5. The SMILES string of the molecule is CC(C)c1nc2c(N3CCC(NC(=O)O)C3)c(NC(=O)O)ccc2n1C.O=c1cccnn1-c1c(F)cccc1F. The van der Waals surface area contributed by atoms with Gasteiger partial charge < -0.3 is 25.0 Å².